The minimum Gasteiger partial charge on any atom is -0.474 e. The second kappa shape index (κ2) is 13.2. The lowest BCUT2D eigenvalue weighted by Crippen LogP contribution is -2.26. The number of rotatable bonds is 5. The molecular formula is C26H33F5N6O3. The summed E-state index contributed by atoms with van der Waals surface area (Å²) in [6, 6.07) is 0.477. The highest BCUT2D eigenvalue weighted by atomic mass is 19.4. The topological polar surface area (TPSA) is 116 Å². The third kappa shape index (κ3) is 6.61. The van der Waals surface area contributed by atoms with Crippen LogP contribution in [0.15, 0.2) is 6.07 Å². The van der Waals surface area contributed by atoms with E-state index in [2.05, 4.69) is 25.6 Å². The molecule has 0 saturated carbocycles. The number of alkyl halides is 3. The predicted octanol–water partition coefficient (Wildman–Crippen LogP) is 5.10. The smallest absolute Gasteiger partial charge is 0.417 e. The van der Waals surface area contributed by atoms with Gasteiger partial charge in [0, 0.05) is 25.8 Å². The van der Waals surface area contributed by atoms with Gasteiger partial charge in [-0.25, -0.2) is 13.8 Å². The Kier molecular flexibility index (Phi) is 10.3. The monoisotopic (exact) mass is 572 g/mol. The van der Waals surface area contributed by atoms with Crippen LogP contribution in [-0.4, -0.2) is 61.0 Å². The first kappa shape index (κ1) is 31.0. The molecule has 0 fully saturated rings. The quantitative estimate of drug-likeness (QED) is 0.218. The van der Waals surface area contributed by atoms with Crippen LogP contribution in [0, 0.1) is 18.6 Å². The number of aromatic nitrogens is 3. The summed E-state index contributed by atoms with van der Waals surface area (Å²) in [6.45, 7) is 8.40. The molecule has 0 spiro atoms. The molecule has 1 unspecified atom stereocenters. The van der Waals surface area contributed by atoms with Gasteiger partial charge in [-0.15, -0.1) is 0 Å². The zero-order valence-electron chi connectivity index (χ0n) is 22.9. The van der Waals surface area contributed by atoms with Crippen molar-refractivity contribution in [2.24, 2.45) is 0 Å². The molecule has 4 rings (SSSR count). The molecule has 4 N–H and O–H groups in total. The van der Waals surface area contributed by atoms with E-state index in [4.69, 9.17) is 19.9 Å². The Morgan fingerprint density at radius 1 is 1.07 bits per heavy atom. The van der Waals surface area contributed by atoms with Gasteiger partial charge in [0.1, 0.15) is 34.8 Å². The van der Waals surface area contributed by atoms with Crippen LogP contribution in [-0.2, 0) is 10.9 Å². The molecule has 14 heteroatoms. The van der Waals surface area contributed by atoms with Crippen LogP contribution < -0.4 is 25.8 Å². The lowest BCUT2D eigenvalue weighted by molar-refractivity contribution is -0.137. The molecule has 1 aliphatic heterocycles. The molecule has 3 heterocycles. The summed E-state index contributed by atoms with van der Waals surface area (Å²) in [5.41, 5.74) is 1.00. The summed E-state index contributed by atoms with van der Waals surface area (Å²) in [6.07, 6.45) is -4.97. The van der Waals surface area contributed by atoms with E-state index in [1.54, 1.807) is 6.92 Å². The molecule has 3 aromatic rings. The lowest BCUT2D eigenvalue weighted by atomic mass is 9.96. The number of nitrogens with zero attached hydrogens (tertiary/aromatic N) is 3. The molecule has 0 bridgehead atoms. The molecule has 9 nitrogen and oxygen atoms in total. The third-order valence-electron chi connectivity index (χ3n) is 5.95. The minimum atomic E-state index is -5.04. The first-order valence-electron chi connectivity index (χ1n) is 12.8. The molecule has 0 aliphatic carbocycles. The average Bonchev–Trinajstić information content (AvgIpc) is 2.94. The standard InChI is InChI=1S/C24H27F5N6O3.C2H6/c1-11-4-5-31-6-7-32-21-15-20(34-23(35-21)37-9-8-36-3)18(26)19(33-22(15)38-11)13-10-14(30)17(25)12(2)16(13)24(27,28)29;1-2/h10-11,31H,4-9,30H2,1-3H3,(H,32,34,35);1-2H3. The number of benzene rings is 1. The number of nitrogens with one attached hydrogen (secondary N) is 2. The van der Waals surface area contributed by atoms with Crippen LogP contribution in [0.25, 0.3) is 22.2 Å². The number of nitrogen functional groups attached to an aromatic ring is 1. The number of anilines is 2. The van der Waals surface area contributed by atoms with Crippen molar-refractivity contribution in [1.29, 1.82) is 0 Å². The van der Waals surface area contributed by atoms with Gasteiger partial charge in [0.2, 0.25) is 5.88 Å². The Hall–Kier alpha value is -3.52. The maximum Gasteiger partial charge on any atom is 0.417 e. The van der Waals surface area contributed by atoms with Crippen molar-refractivity contribution in [2.75, 3.05) is 51.0 Å². The lowest BCUT2D eigenvalue weighted by Gasteiger charge is -2.21. The van der Waals surface area contributed by atoms with Crippen LogP contribution in [0.3, 0.4) is 0 Å². The van der Waals surface area contributed by atoms with Gasteiger partial charge in [-0.05, 0) is 38.4 Å². The second-order valence-electron chi connectivity index (χ2n) is 8.72. The Morgan fingerprint density at radius 3 is 2.48 bits per heavy atom. The zero-order chi connectivity index (χ0) is 29.6. The zero-order valence-corrected chi connectivity index (χ0v) is 22.9. The summed E-state index contributed by atoms with van der Waals surface area (Å²) >= 11 is 0. The molecule has 220 valence electrons. The molecule has 0 amide bonds. The number of methoxy groups -OCH3 is 1. The Labute approximate surface area is 228 Å². The van der Waals surface area contributed by atoms with E-state index >= 15 is 4.39 Å². The summed E-state index contributed by atoms with van der Waals surface area (Å²) in [7, 11) is 1.46. The summed E-state index contributed by atoms with van der Waals surface area (Å²) in [5.74, 6) is -2.52. The van der Waals surface area contributed by atoms with Gasteiger partial charge in [0.25, 0.3) is 0 Å². The Bertz CT molecular complexity index is 1340. The van der Waals surface area contributed by atoms with Crippen molar-refractivity contribution in [3.05, 3.63) is 28.8 Å². The Balaban J connectivity index is 0.00000216. The molecule has 0 saturated heterocycles. The number of hydrogen-bond acceptors (Lipinski definition) is 9. The molecule has 1 atom stereocenters. The summed E-state index contributed by atoms with van der Waals surface area (Å²) in [4.78, 5) is 12.6. The van der Waals surface area contributed by atoms with Crippen LogP contribution in [0.2, 0.25) is 0 Å². The van der Waals surface area contributed by atoms with Gasteiger partial charge in [-0.2, -0.15) is 23.1 Å². The fourth-order valence-corrected chi connectivity index (χ4v) is 4.11. The normalized spacial score (nSPS) is 15.8. The summed E-state index contributed by atoms with van der Waals surface area (Å²) in [5, 5.41) is 6.30. The van der Waals surface area contributed by atoms with Gasteiger partial charge >= 0.3 is 12.2 Å². The number of hydrogen-bond donors (Lipinski definition) is 3. The highest BCUT2D eigenvalue weighted by Crippen LogP contribution is 2.44. The second-order valence-corrected chi connectivity index (χ2v) is 8.72. The van der Waals surface area contributed by atoms with Gasteiger partial charge in [0.15, 0.2) is 5.82 Å². The van der Waals surface area contributed by atoms with Crippen molar-refractivity contribution in [3.63, 3.8) is 0 Å². The highest BCUT2D eigenvalue weighted by molar-refractivity contribution is 5.96. The van der Waals surface area contributed by atoms with Crippen molar-refractivity contribution >= 4 is 22.4 Å². The van der Waals surface area contributed by atoms with E-state index < -0.39 is 52.0 Å². The van der Waals surface area contributed by atoms with E-state index in [1.165, 1.54) is 7.11 Å². The highest BCUT2D eigenvalue weighted by Gasteiger charge is 2.39. The first-order chi connectivity index (χ1) is 19.0. The van der Waals surface area contributed by atoms with E-state index in [0.29, 0.717) is 32.1 Å². The van der Waals surface area contributed by atoms with Crippen molar-refractivity contribution in [2.45, 2.75) is 46.4 Å². The number of pyridine rings is 1. The van der Waals surface area contributed by atoms with Crippen LogP contribution in [0.5, 0.6) is 11.9 Å². The van der Waals surface area contributed by atoms with E-state index in [0.717, 1.165) is 6.92 Å². The van der Waals surface area contributed by atoms with Crippen LogP contribution in [0.1, 0.15) is 38.3 Å². The molecule has 1 aliphatic rings. The van der Waals surface area contributed by atoms with Crippen molar-refractivity contribution in [3.8, 4) is 23.1 Å². The van der Waals surface area contributed by atoms with E-state index in [-0.39, 0.29) is 41.8 Å². The largest absolute Gasteiger partial charge is 0.474 e. The predicted molar refractivity (Wildman–Crippen MR) is 142 cm³/mol. The van der Waals surface area contributed by atoms with Gasteiger partial charge in [0.05, 0.1) is 24.0 Å². The van der Waals surface area contributed by atoms with Gasteiger partial charge in [-0.1, -0.05) is 13.8 Å². The molecular weight excluding hydrogens is 539 g/mol. The van der Waals surface area contributed by atoms with E-state index in [1.807, 2.05) is 13.8 Å². The molecule has 40 heavy (non-hydrogen) atoms. The number of nitrogens with two attached hydrogens (primary N) is 1. The van der Waals surface area contributed by atoms with Crippen molar-refractivity contribution < 1.29 is 36.2 Å². The van der Waals surface area contributed by atoms with Crippen LogP contribution in [0.4, 0.5) is 33.5 Å². The third-order valence-corrected chi connectivity index (χ3v) is 5.95. The average molecular weight is 573 g/mol. The van der Waals surface area contributed by atoms with Crippen molar-refractivity contribution in [1.82, 2.24) is 20.3 Å². The van der Waals surface area contributed by atoms with Gasteiger partial charge in [-0.3, -0.25) is 0 Å². The first-order valence-corrected chi connectivity index (χ1v) is 12.8. The SMILES string of the molecule is CC.COCCOc1nc2c3c(nc(-c4cc(N)c(F)c(C)c4C(F)(F)F)c(F)c3n1)OC(C)CCNCCN2. The fourth-order valence-electron chi connectivity index (χ4n) is 4.11. The van der Waals surface area contributed by atoms with Gasteiger partial charge < -0.3 is 30.6 Å². The van der Waals surface area contributed by atoms with E-state index in [9.17, 15) is 17.6 Å². The molecule has 2 aromatic heterocycles. The van der Waals surface area contributed by atoms with Crippen LogP contribution >= 0.6 is 0 Å². The maximum atomic E-state index is 16.1. The minimum absolute atomic E-state index is 0.0273. The number of ether oxygens (including phenoxy) is 3. The molecule has 0 radical (unpaired) electrons. The fraction of sp³-hybridized carbons (Fsp3) is 0.500. The molecule has 1 aromatic carbocycles. The summed E-state index contributed by atoms with van der Waals surface area (Å²) < 4.78 is 89.3. The Morgan fingerprint density at radius 2 is 1.80 bits per heavy atom. The number of halogens is 5. The maximum absolute atomic E-state index is 16.1.